The summed E-state index contributed by atoms with van der Waals surface area (Å²) in [5.41, 5.74) is 0.934. The van der Waals surface area contributed by atoms with E-state index in [9.17, 15) is 24.6 Å². The van der Waals surface area contributed by atoms with Gasteiger partial charge in [0.2, 0.25) is 0 Å². The van der Waals surface area contributed by atoms with Crippen molar-refractivity contribution in [3.8, 4) is 0 Å². The van der Waals surface area contributed by atoms with E-state index in [1.54, 1.807) is 19.9 Å². The zero-order valence-corrected chi connectivity index (χ0v) is 23.0. The lowest BCUT2D eigenvalue weighted by Gasteiger charge is -2.59. The Morgan fingerprint density at radius 1 is 1.16 bits per heavy atom. The second kappa shape index (κ2) is 14.1. The minimum Gasteiger partial charge on any atom is -0.481 e. The average molecular weight is 523 g/mol. The van der Waals surface area contributed by atoms with Gasteiger partial charge in [0.25, 0.3) is 0 Å². The van der Waals surface area contributed by atoms with Crippen molar-refractivity contribution in [1.82, 2.24) is 0 Å². The first-order valence-electron chi connectivity index (χ1n) is 13.6. The average Bonchev–Trinajstić information content (AvgIpc) is 2.89. The summed E-state index contributed by atoms with van der Waals surface area (Å²) < 4.78 is 11.0. The van der Waals surface area contributed by atoms with Crippen molar-refractivity contribution < 1.29 is 39.2 Å². The number of hydrogen-bond acceptors (Lipinski definition) is 7. The van der Waals surface area contributed by atoms with Crippen LogP contribution < -0.4 is 0 Å². The number of ether oxygens (including phenoxy) is 2. The van der Waals surface area contributed by atoms with Gasteiger partial charge in [-0.2, -0.15) is 0 Å². The summed E-state index contributed by atoms with van der Waals surface area (Å²) in [6.45, 7) is 8.42. The van der Waals surface area contributed by atoms with Crippen molar-refractivity contribution in [3.63, 3.8) is 0 Å². The predicted octanol–water partition coefficient (Wildman–Crippen LogP) is 4.43. The van der Waals surface area contributed by atoms with Crippen molar-refractivity contribution >= 4 is 17.9 Å². The first-order valence-corrected chi connectivity index (χ1v) is 13.6. The molecular weight excluding hydrogens is 476 g/mol. The van der Waals surface area contributed by atoms with E-state index >= 15 is 0 Å². The summed E-state index contributed by atoms with van der Waals surface area (Å²) in [4.78, 5) is 35.0. The molecule has 0 spiro atoms. The minimum atomic E-state index is -1.04. The largest absolute Gasteiger partial charge is 0.481 e. The molecule has 0 bridgehead atoms. The van der Waals surface area contributed by atoms with Crippen LogP contribution in [0.15, 0.2) is 23.3 Å². The topological polar surface area (TPSA) is 130 Å². The van der Waals surface area contributed by atoms with Crippen molar-refractivity contribution in [2.24, 2.45) is 28.6 Å². The van der Waals surface area contributed by atoms with Crippen LogP contribution in [0.25, 0.3) is 0 Å². The van der Waals surface area contributed by atoms with Crippen molar-refractivity contribution in [2.75, 3.05) is 26.4 Å². The fraction of sp³-hybridized carbons (Fsp3) is 0.759. The van der Waals surface area contributed by atoms with E-state index < -0.39 is 17.4 Å². The number of esters is 2. The zero-order valence-electron chi connectivity index (χ0n) is 23.0. The number of aliphatic carboxylic acids is 1. The molecule has 0 aliphatic heterocycles. The van der Waals surface area contributed by atoms with Gasteiger partial charge in [-0.3, -0.25) is 9.59 Å². The molecule has 0 aromatic rings. The molecular formula is C29H46O8. The first-order chi connectivity index (χ1) is 17.5. The zero-order chi connectivity index (χ0) is 27.6. The Kier molecular flexibility index (Phi) is 11.8. The summed E-state index contributed by atoms with van der Waals surface area (Å²) in [5.74, 6) is -1.26. The molecule has 3 N–H and O–H groups in total. The fourth-order valence-electron chi connectivity index (χ4n) is 6.36. The van der Waals surface area contributed by atoms with Gasteiger partial charge in [-0.1, -0.05) is 26.0 Å². The van der Waals surface area contributed by atoms with Gasteiger partial charge >= 0.3 is 17.9 Å². The molecule has 0 aromatic heterocycles. The van der Waals surface area contributed by atoms with Crippen molar-refractivity contribution in [2.45, 2.75) is 85.5 Å². The Morgan fingerprint density at radius 2 is 1.89 bits per heavy atom. The lowest BCUT2D eigenvalue weighted by atomic mass is 9.46. The van der Waals surface area contributed by atoms with E-state index in [1.165, 1.54) is 0 Å². The summed E-state index contributed by atoms with van der Waals surface area (Å²) in [5, 5.41) is 29.2. The van der Waals surface area contributed by atoms with Gasteiger partial charge in [-0.05, 0) is 87.5 Å². The molecule has 0 unspecified atom stereocenters. The second-order valence-corrected chi connectivity index (χ2v) is 11.2. The number of fused-ring (bicyclic) bond motifs is 1. The lowest BCUT2D eigenvalue weighted by molar-refractivity contribution is -0.148. The predicted molar refractivity (Wildman–Crippen MR) is 139 cm³/mol. The molecule has 0 amide bonds. The summed E-state index contributed by atoms with van der Waals surface area (Å²) in [6, 6.07) is 0. The Labute approximate surface area is 221 Å². The van der Waals surface area contributed by atoms with Crippen LogP contribution in [0, 0.1) is 28.6 Å². The highest BCUT2D eigenvalue weighted by molar-refractivity contribution is 5.87. The number of carboxylic acids is 1. The second-order valence-electron chi connectivity index (χ2n) is 11.2. The third-order valence-electron chi connectivity index (χ3n) is 9.15. The Hall–Kier alpha value is -2.19. The molecule has 8 heteroatoms. The minimum absolute atomic E-state index is 0.0290. The highest BCUT2D eigenvalue weighted by Gasteiger charge is 2.56. The maximum Gasteiger partial charge on any atom is 0.333 e. The molecule has 0 radical (unpaired) electrons. The number of allylic oxidation sites excluding steroid dienone is 2. The molecule has 1 saturated carbocycles. The van der Waals surface area contributed by atoms with Crippen LogP contribution in [0.3, 0.4) is 0 Å². The number of rotatable bonds is 14. The maximum absolute atomic E-state index is 12.1. The van der Waals surface area contributed by atoms with Crippen LogP contribution in [-0.2, 0) is 23.9 Å². The quantitative estimate of drug-likeness (QED) is 0.173. The van der Waals surface area contributed by atoms with E-state index in [1.807, 2.05) is 0 Å². The molecule has 0 heterocycles. The van der Waals surface area contributed by atoms with Gasteiger partial charge in [0.15, 0.2) is 0 Å². The molecule has 210 valence electrons. The molecule has 8 nitrogen and oxygen atoms in total. The van der Waals surface area contributed by atoms with Crippen LogP contribution >= 0.6 is 0 Å². The number of aliphatic hydroxyl groups excluding tert-OH is 2. The number of aliphatic hydroxyl groups is 2. The maximum atomic E-state index is 12.1. The van der Waals surface area contributed by atoms with Gasteiger partial charge in [0.05, 0.1) is 26.1 Å². The fourth-order valence-corrected chi connectivity index (χ4v) is 6.36. The Balaban J connectivity index is 2.15. The van der Waals surface area contributed by atoms with Gasteiger partial charge in [-0.25, -0.2) is 4.79 Å². The third kappa shape index (κ3) is 7.66. The van der Waals surface area contributed by atoms with Crippen LogP contribution in [0.2, 0.25) is 0 Å². The Bertz CT molecular complexity index is 862. The highest BCUT2D eigenvalue weighted by atomic mass is 16.5. The number of carbonyl (C=O) groups is 3. The van der Waals surface area contributed by atoms with Crippen LogP contribution in [0.5, 0.6) is 0 Å². The number of hydrogen-bond donors (Lipinski definition) is 3. The third-order valence-corrected chi connectivity index (χ3v) is 9.15. The van der Waals surface area contributed by atoms with Gasteiger partial charge < -0.3 is 24.8 Å². The smallest absolute Gasteiger partial charge is 0.333 e. The summed E-state index contributed by atoms with van der Waals surface area (Å²) in [7, 11) is 0. The highest BCUT2D eigenvalue weighted by Crippen LogP contribution is 2.62. The molecule has 0 aromatic carbocycles. The van der Waals surface area contributed by atoms with E-state index in [0.717, 1.165) is 44.1 Å². The molecule has 0 saturated heterocycles. The van der Waals surface area contributed by atoms with Gasteiger partial charge in [-0.15, -0.1) is 0 Å². The molecule has 1 fully saturated rings. The van der Waals surface area contributed by atoms with Crippen LogP contribution in [0.1, 0.15) is 85.5 Å². The van der Waals surface area contributed by atoms with Crippen molar-refractivity contribution in [1.29, 1.82) is 0 Å². The van der Waals surface area contributed by atoms with Crippen LogP contribution in [-0.4, -0.2) is 59.7 Å². The molecule has 5 atom stereocenters. The number of carbonyl (C=O) groups excluding carboxylic acids is 2. The Morgan fingerprint density at radius 3 is 2.51 bits per heavy atom. The normalized spacial score (nSPS) is 28.6. The van der Waals surface area contributed by atoms with Crippen LogP contribution in [0.4, 0.5) is 0 Å². The molecule has 2 rings (SSSR count). The molecule has 37 heavy (non-hydrogen) atoms. The summed E-state index contributed by atoms with van der Waals surface area (Å²) >= 11 is 0. The summed E-state index contributed by atoms with van der Waals surface area (Å²) in [6.07, 6.45) is 9.10. The van der Waals surface area contributed by atoms with E-state index in [-0.39, 0.29) is 62.5 Å². The SMILES string of the molecule is C/C=C(/C)C(=O)OC[C@H](CCO)CC[C@]1(C)[C@H](C)CC[C@@]2(CO)C(COC(=O)CCC(=O)O)=CCC[C@H]21. The number of carboxylic acid groups (broad SMARTS) is 1. The van der Waals surface area contributed by atoms with E-state index in [0.29, 0.717) is 17.9 Å². The van der Waals surface area contributed by atoms with E-state index in [4.69, 9.17) is 14.6 Å². The first kappa shape index (κ1) is 31.0. The molecule has 2 aliphatic rings. The molecule has 2 aliphatic carbocycles. The lowest BCUT2D eigenvalue weighted by Crippen LogP contribution is -2.53. The van der Waals surface area contributed by atoms with Gasteiger partial charge in [0.1, 0.15) is 6.61 Å². The van der Waals surface area contributed by atoms with E-state index in [2.05, 4.69) is 19.9 Å². The monoisotopic (exact) mass is 522 g/mol. The van der Waals surface area contributed by atoms with Gasteiger partial charge in [0, 0.05) is 17.6 Å². The standard InChI is InChI=1S/C29H46O8/c1-5-20(2)27(35)37-17-22(13-16-30)12-14-28(4)21(3)11-15-29(19-31)23(7-6-8-24(28)29)18-36-26(34)10-9-25(32)33/h5,7,21-22,24,30-31H,6,8-19H2,1-4H3,(H,32,33)/b20-5-/t21-,22+,24+,28-,29-/m1/s1. The van der Waals surface area contributed by atoms with Crippen molar-refractivity contribution in [3.05, 3.63) is 23.3 Å².